The Bertz CT molecular complexity index is 985. The lowest BCUT2D eigenvalue weighted by atomic mass is 10.1. The topological polar surface area (TPSA) is 238 Å². The molecule has 166 valence electrons. The summed E-state index contributed by atoms with van der Waals surface area (Å²) >= 11 is 0. The van der Waals surface area contributed by atoms with Crippen LogP contribution in [0.3, 0.4) is 0 Å². The summed E-state index contributed by atoms with van der Waals surface area (Å²) in [7, 11) is -9.07. The molecule has 17 heteroatoms. The Balaban J connectivity index is 2.15. The highest BCUT2D eigenvalue weighted by Crippen LogP contribution is 2.38. The summed E-state index contributed by atoms with van der Waals surface area (Å²) in [4.78, 5) is 43.3. The minimum Gasteiger partial charge on any atom is -0.387 e. The number of nitrogens with zero attached hydrogens (tertiary/aromatic N) is 1. The van der Waals surface area contributed by atoms with E-state index < -0.39 is 66.1 Å². The number of aromatic amines is 1. The molecule has 2 rings (SSSR count). The predicted octanol–water partition coefficient (Wildman–Crippen LogP) is -3.76. The van der Waals surface area contributed by atoms with Gasteiger partial charge in [0.1, 0.15) is 18.3 Å². The second kappa shape index (κ2) is 9.13. The number of ether oxygens (including phenoxy) is 1. The van der Waals surface area contributed by atoms with E-state index in [9.17, 15) is 32.8 Å². The summed E-state index contributed by atoms with van der Waals surface area (Å²) in [5, 5.41) is 22.6. The quantitative estimate of drug-likeness (QED) is 0.106. The third-order valence-electron chi connectivity index (χ3n) is 3.91. The Hall–Kier alpha value is -1.46. The Morgan fingerprint density at radius 2 is 1.93 bits per heavy atom. The molecule has 7 N–H and O–H groups in total. The van der Waals surface area contributed by atoms with Gasteiger partial charge in [0.15, 0.2) is 6.23 Å². The fourth-order valence-corrected chi connectivity index (χ4v) is 3.28. The van der Waals surface area contributed by atoms with Gasteiger partial charge in [-0.1, -0.05) is 0 Å². The number of H-pyrrole nitrogens is 1. The van der Waals surface area contributed by atoms with Crippen LogP contribution in [-0.4, -0.2) is 79.7 Å². The van der Waals surface area contributed by atoms with Gasteiger partial charge in [0, 0.05) is 24.8 Å². The number of phosphoric acid groups is 1. The maximum atomic E-state index is 12.1. The second-order valence-corrected chi connectivity index (χ2v) is 8.93. The molecule has 0 aromatic carbocycles. The number of hydrogen-bond acceptors (Lipinski definition) is 10. The first-order valence-corrected chi connectivity index (χ1v) is 11.1. The zero-order chi connectivity index (χ0) is 22.0. The van der Waals surface area contributed by atoms with E-state index in [1.54, 1.807) is 0 Å². The van der Waals surface area contributed by atoms with Crippen LogP contribution >= 0.6 is 7.82 Å². The molecular formula is C12H20N3O12PS. The minimum absolute atomic E-state index is 0.0554. The van der Waals surface area contributed by atoms with Gasteiger partial charge in [0.05, 0.1) is 12.4 Å². The van der Waals surface area contributed by atoms with Gasteiger partial charge in [-0.3, -0.25) is 23.4 Å². The Morgan fingerprint density at radius 1 is 1.28 bits per heavy atom. The van der Waals surface area contributed by atoms with E-state index in [0.29, 0.717) is 0 Å². The van der Waals surface area contributed by atoms with Crippen molar-refractivity contribution in [2.45, 2.75) is 31.1 Å². The first-order chi connectivity index (χ1) is 13.3. The minimum atomic E-state index is -4.87. The highest BCUT2D eigenvalue weighted by Gasteiger charge is 2.45. The number of rotatable bonds is 9. The summed E-state index contributed by atoms with van der Waals surface area (Å²) in [5.74, 6) is -0.609. The lowest BCUT2D eigenvalue weighted by molar-refractivity contribution is -0.0544. The van der Waals surface area contributed by atoms with E-state index in [2.05, 4.69) is 9.84 Å². The average molecular weight is 461 g/mol. The lowest BCUT2D eigenvalue weighted by Gasteiger charge is -2.18. The largest absolute Gasteiger partial charge is 0.469 e. The molecule has 0 unspecified atom stereocenters. The van der Waals surface area contributed by atoms with Crippen molar-refractivity contribution in [2.75, 3.05) is 18.9 Å². The molecule has 0 amide bonds. The van der Waals surface area contributed by atoms with Crippen molar-refractivity contribution in [1.82, 2.24) is 14.9 Å². The van der Waals surface area contributed by atoms with Crippen LogP contribution in [-0.2, 0) is 30.5 Å². The molecule has 1 aliphatic rings. The SMILES string of the molecule is O=c1[nH]c(=O)n([C@@H]2O[C@H](COP(=O)(O)O)[C@@H](O)[C@H]2O)cc1CNCCS(=O)(=O)O. The van der Waals surface area contributed by atoms with Gasteiger partial charge in [-0.25, -0.2) is 9.36 Å². The van der Waals surface area contributed by atoms with Crippen molar-refractivity contribution in [2.24, 2.45) is 0 Å². The average Bonchev–Trinajstić information content (AvgIpc) is 2.85. The molecule has 2 heterocycles. The van der Waals surface area contributed by atoms with Crippen LogP contribution in [0.1, 0.15) is 11.8 Å². The van der Waals surface area contributed by atoms with Crippen molar-refractivity contribution < 1.29 is 46.8 Å². The van der Waals surface area contributed by atoms with Crippen LogP contribution in [0.4, 0.5) is 0 Å². The van der Waals surface area contributed by atoms with E-state index >= 15 is 0 Å². The van der Waals surface area contributed by atoms with Gasteiger partial charge >= 0.3 is 13.5 Å². The third-order valence-corrected chi connectivity index (χ3v) is 5.12. The van der Waals surface area contributed by atoms with Crippen LogP contribution in [0, 0.1) is 0 Å². The van der Waals surface area contributed by atoms with Crippen molar-refractivity contribution >= 4 is 17.9 Å². The van der Waals surface area contributed by atoms with Crippen LogP contribution in [0.5, 0.6) is 0 Å². The Labute approximate surface area is 162 Å². The molecule has 1 fully saturated rings. The maximum absolute atomic E-state index is 12.1. The molecule has 15 nitrogen and oxygen atoms in total. The van der Waals surface area contributed by atoms with E-state index in [4.69, 9.17) is 19.1 Å². The second-order valence-electron chi connectivity index (χ2n) is 6.12. The molecule has 29 heavy (non-hydrogen) atoms. The van der Waals surface area contributed by atoms with Crippen LogP contribution < -0.4 is 16.6 Å². The summed E-state index contributed by atoms with van der Waals surface area (Å²) < 4.78 is 51.0. The van der Waals surface area contributed by atoms with Gasteiger partial charge in [0.2, 0.25) is 0 Å². The molecule has 1 aromatic heterocycles. The molecule has 0 aliphatic carbocycles. The molecule has 0 bridgehead atoms. The van der Waals surface area contributed by atoms with E-state index in [1.165, 1.54) is 0 Å². The summed E-state index contributed by atoms with van der Waals surface area (Å²) in [5.41, 5.74) is -1.86. The zero-order valence-electron chi connectivity index (χ0n) is 14.6. The number of hydrogen-bond donors (Lipinski definition) is 7. The first-order valence-electron chi connectivity index (χ1n) is 8.00. The Morgan fingerprint density at radius 3 is 2.52 bits per heavy atom. The van der Waals surface area contributed by atoms with Gasteiger partial charge in [-0.2, -0.15) is 8.42 Å². The van der Waals surface area contributed by atoms with E-state index in [-0.39, 0.29) is 18.7 Å². The summed E-state index contributed by atoms with van der Waals surface area (Å²) in [6.45, 7) is -1.18. The van der Waals surface area contributed by atoms with Crippen LogP contribution in [0.15, 0.2) is 15.8 Å². The molecule has 1 saturated heterocycles. The van der Waals surface area contributed by atoms with Crippen LogP contribution in [0.2, 0.25) is 0 Å². The van der Waals surface area contributed by atoms with Gasteiger partial charge in [-0.15, -0.1) is 0 Å². The van der Waals surface area contributed by atoms with E-state index in [1.807, 2.05) is 4.98 Å². The molecule has 0 radical (unpaired) electrons. The zero-order valence-corrected chi connectivity index (χ0v) is 16.3. The van der Waals surface area contributed by atoms with Gasteiger partial charge in [-0.05, 0) is 0 Å². The standard InChI is InChI=1S/C12H20N3O12PS/c16-8-7(5-26-28(20,21)22)27-11(9(8)17)15-4-6(10(18)14-12(15)19)3-13-1-2-29(23,24)25/h4,7-9,11,13,16-17H,1-3,5H2,(H,14,18,19)(H2,20,21,22)(H,23,24,25)/t7-,8-,9-,11-/m1/s1. The number of phosphoric ester groups is 1. The summed E-state index contributed by atoms with van der Waals surface area (Å²) in [6.07, 6.45) is -5.21. The molecule has 0 spiro atoms. The van der Waals surface area contributed by atoms with Gasteiger partial charge in [0.25, 0.3) is 15.7 Å². The molecular weight excluding hydrogens is 441 g/mol. The smallest absolute Gasteiger partial charge is 0.387 e. The maximum Gasteiger partial charge on any atom is 0.469 e. The number of aromatic nitrogens is 2. The molecule has 1 aromatic rings. The van der Waals surface area contributed by atoms with Crippen molar-refractivity contribution in [3.05, 3.63) is 32.6 Å². The third kappa shape index (κ3) is 6.78. The molecule has 1 aliphatic heterocycles. The van der Waals surface area contributed by atoms with Crippen molar-refractivity contribution in [3.8, 4) is 0 Å². The number of nitrogens with one attached hydrogen (secondary N) is 2. The lowest BCUT2D eigenvalue weighted by Crippen LogP contribution is -2.39. The molecule has 4 atom stereocenters. The van der Waals surface area contributed by atoms with Gasteiger partial charge < -0.3 is 30.1 Å². The van der Waals surface area contributed by atoms with Crippen molar-refractivity contribution in [1.29, 1.82) is 0 Å². The highest BCUT2D eigenvalue weighted by atomic mass is 32.2. The predicted molar refractivity (Wildman–Crippen MR) is 93.4 cm³/mol. The number of aliphatic hydroxyl groups is 2. The highest BCUT2D eigenvalue weighted by molar-refractivity contribution is 7.85. The fourth-order valence-electron chi connectivity index (χ4n) is 2.53. The first kappa shape index (κ1) is 23.8. The normalized spacial score (nSPS) is 25.4. The fraction of sp³-hybridized carbons (Fsp3) is 0.667. The van der Waals surface area contributed by atoms with Crippen LogP contribution in [0.25, 0.3) is 0 Å². The van der Waals surface area contributed by atoms with E-state index in [0.717, 1.165) is 10.8 Å². The monoisotopic (exact) mass is 461 g/mol. The number of aliphatic hydroxyl groups excluding tert-OH is 2. The Kier molecular flexibility index (Phi) is 7.50. The summed E-state index contributed by atoms with van der Waals surface area (Å²) in [6, 6.07) is 0. The van der Waals surface area contributed by atoms with Crippen molar-refractivity contribution in [3.63, 3.8) is 0 Å². The molecule has 0 saturated carbocycles.